The van der Waals surface area contributed by atoms with Crippen molar-refractivity contribution < 1.29 is 0 Å². The van der Waals surface area contributed by atoms with Crippen molar-refractivity contribution in [2.75, 3.05) is 26.2 Å². The number of nitrogens with one attached hydrogen (secondary N) is 1. The molecular weight excluding hydrogens is 266 g/mol. The third-order valence-corrected chi connectivity index (χ3v) is 4.50. The Morgan fingerprint density at radius 3 is 2.89 bits per heavy atom. The molecule has 0 bridgehead atoms. The van der Waals surface area contributed by atoms with E-state index >= 15 is 0 Å². The zero-order valence-corrected chi connectivity index (χ0v) is 12.6. The summed E-state index contributed by atoms with van der Waals surface area (Å²) in [6, 6.07) is 0. The molecule has 1 aliphatic heterocycles. The molecule has 0 spiro atoms. The van der Waals surface area contributed by atoms with E-state index in [2.05, 4.69) is 22.1 Å². The summed E-state index contributed by atoms with van der Waals surface area (Å²) in [5.74, 6) is 0.841. The minimum Gasteiger partial charge on any atom is -0.317 e. The van der Waals surface area contributed by atoms with Crippen molar-refractivity contribution >= 4 is 22.9 Å². The Morgan fingerprint density at radius 1 is 1.50 bits per heavy atom. The van der Waals surface area contributed by atoms with Crippen LogP contribution in [0, 0.1) is 5.92 Å². The normalized spacial score (nSPS) is 17.5. The van der Waals surface area contributed by atoms with Crippen molar-refractivity contribution in [3.63, 3.8) is 0 Å². The van der Waals surface area contributed by atoms with Crippen LogP contribution in [0.1, 0.15) is 31.2 Å². The lowest BCUT2D eigenvalue weighted by Crippen LogP contribution is -2.36. The van der Waals surface area contributed by atoms with Gasteiger partial charge in [-0.15, -0.1) is 11.3 Å². The van der Waals surface area contributed by atoms with Crippen LogP contribution in [0.25, 0.3) is 0 Å². The highest BCUT2D eigenvalue weighted by atomic mass is 35.5. The standard InChI is InChI=1S/C13H22ClN3S/c1-2-7-17(9-11-3-5-15-6-4-11)10-13-16-8-12(14)18-13/h8,11,15H,2-7,9-10H2,1H3. The van der Waals surface area contributed by atoms with Gasteiger partial charge in [-0.1, -0.05) is 18.5 Å². The molecule has 1 aromatic heterocycles. The summed E-state index contributed by atoms with van der Waals surface area (Å²) in [6.07, 6.45) is 5.57. The van der Waals surface area contributed by atoms with E-state index in [9.17, 15) is 0 Å². The van der Waals surface area contributed by atoms with Gasteiger partial charge in [0.2, 0.25) is 0 Å². The van der Waals surface area contributed by atoms with Crippen LogP contribution in [0.2, 0.25) is 4.34 Å². The SMILES string of the molecule is CCCN(Cc1ncc(Cl)s1)CC1CCNCC1. The topological polar surface area (TPSA) is 28.2 Å². The molecule has 1 saturated heterocycles. The Morgan fingerprint density at radius 2 is 2.28 bits per heavy atom. The molecule has 1 N–H and O–H groups in total. The summed E-state index contributed by atoms with van der Waals surface area (Å²) in [7, 11) is 0. The molecule has 0 unspecified atom stereocenters. The van der Waals surface area contributed by atoms with E-state index in [-0.39, 0.29) is 0 Å². The van der Waals surface area contributed by atoms with E-state index in [0.717, 1.165) is 28.4 Å². The smallest absolute Gasteiger partial charge is 0.113 e. The molecule has 1 fully saturated rings. The average molecular weight is 288 g/mol. The van der Waals surface area contributed by atoms with Crippen molar-refractivity contribution in [3.8, 4) is 0 Å². The summed E-state index contributed by atoms with van der Waals surface area (Å²) < 4.78 is 0.795. The summed E-state index contributed by atoms with van der Waals surface area (Å²) in [5.41, 5.74) is 0. The predicted molar refractivity (Wildman–Crippen MR) is 78.3 cm³/mol. The van der Waals surface area contributed by atoms with Crippen LogP contribution < -0.4 is 5.32 Å². The Bertz CT molecular complexity index is 350. The van der Waals surface area contributed by atoms with Crippen LogP contribution in [-0.4, -0.2) is 36.1 Å². The molecule has 1 aromatic rings. The first-order valence-electron chi connectivity index (χ1n) is 6.81. The van der Waals surface area contributed by atoms with E-state index < -0.39 is 0 Å². The first-order valence-corrected chi connectivity index (χ1v) is 8.00. The molecule has 0 amide bonds. The fourth-order valence-corrected chi connectivity index (χ4v) is 3.53. The Hall–Kier alpha value is -0.160. The van der Waals surface area contributed by atoms with E-state index in [1.54, 1.807) is 17.5 Å². The molecule has 18 heavy (non-hydrogen) atoms. The largest absolute Gasteiger partial charge is 0.317 e. The van der Waals surface area contributed by atoms with E-state index in [1.165, 1.54) is 38.9 Å². The summed E-state index contributed by atoms with van der Waals surface area (Å²) >= 11 is 7.55. The van der Waals surface area contributed by atoms with Gasteiger partial charge in [-0.3, -0.25) is 4.90 Å². The van der Waals surface area contributed by atoms with E-state index in [1.807, 2.05) is 0 Å². The van der Waals surface area contributed by atoms with Crippen molar-refractivity contribution in [1.29, 1.82) is 0 Å². The third kappa shape index (κ3) is 4.50. The van der Waals surface area contributed by atoms with Gasteiger partial charge in [0.15, 0.2) is 0 Å². The second-order valence-corrected chi connectivity index (χ2v) is 6.73. The van der Waals surface area contributed by atoms with Gasteiger partial charge in [0.05, 0.1) is 12.7 Å². The number of aromatic nitrogens is 1. The molecule has 0 aliphatic carbocycles. The summed E-state index contributed by atoms with van der Waals surface area (Å²) in [6.45, 7) is 7.90. The number of halogens is 1. The monoisotopic (exact) mass is 287 g/mol. The van der Waals surface area contributed by atoms with Crippen LogP contribution in [-0.2, 0) is 6.54 Å². The van der Waals surface area contributed by atoms with Gasteiger partial charge in [-0.05, 0) is 44.8 Å². The Labute approximate surface area is 119 Å². The van der Waals surface area contributed by atoms with Crippen LogP contribution >= 0.6 is 22.9 Å². The molecular formula is C13H22ClN3S. The van der Waals surface area contributed by atoms with Gasteiger partial charge >= 0.3 is 0 Å². The molecule has 102 valence electrons. The molecule has 3 nitrogen and oxygen atoms in total. The van der Waals surface area contributed by atoms with Crippen LogP contribution in [0.3, 0.4) is 0 Å². The van der Waals surface area contributed by atoms with Crippen molar-refractivity contribution in [3.05, 3.63) is 15.5 Å². The first kappa shape index (κ1) is 14.3. The zero-order valence-electron chi connectivity index (χ0n) is 11.0. The van der Waals surface area contributed by atoms with Gasteiger partial charge in [-0.25, -0.2) is 4.98 Å². The van der Waals surface area contributed by atoms with E-state index in [4.69, 9.17) is 11.6 Å². The zero-order chi connectivity index (χ0) is 12.8. The molecule has 5 heteroatoms. The lowest BCUT2D eigenvalue weighted by Gasteiger charge is -2.29. The number of rotatable bonds is 6. The molecule has 2 heterocycles. The van der Waals surface area contributed by atoms with Gasteiger partial charge < -0.3 is 5.32 Å². The fourth-order valence-electron chi connectivity index (χ4n) is 2.53. The highest BCUT2D eigenvalue weighted by Crippen LogP contribution is 2.21. The predicted octanol–water partition coefficient (Wildman–Crippen LogP) is 3.01. The first-order chi connectivity index (χ1) is 8.78. The molecule has 0 atom stereocenters. The molecule has 2 rings (SSSR count). The third-order valence-electron chi connectivity index (χ3n) is 3.40. The Balaban J connectivity index is 1.86. The maximum atomic E-state index is 5.94. The Kier molecular flexibility index (Phi) is 5.89. The summed E-state index contributed by atoms with van der Waals surface area (Å²) in [4.78, 5) is 6.90. The molecule has 0 saturated carbocycles. The number of hydrogen-bond donors (Lipinski definition) is 1. The van der Waals surface area contributed by atoms with Crippen LogP contribution in [0.15, 0.2) is 6.20 Å². The maximum Gasteiger partial charge on any atom is 0.113 e. The number of thiazole rings is 1. The van der Waals surface area contributed by atoms with Gasteiger partial charge in [-0.2, -0.15) is 0 Å². The second-order valence-electron chi connectivity index (χ2n) is 4.99. The van der Waals surface area contributed by atoms with Crippen LogP contribution in [0.4, 0.5) is 0 Å². The molecule has 1 aliphatic rings. The van der Waals surface area contributed by atoms with Crippen molar-refractivity contribution in [2.45, 2.75) is 32.7 Å². The highest BCUT2D eigenvalue weighted by molar-refractivity contribution is 7.15. The minimum absolute atomic E-state index is 0.795. The lowest BCUT2D eigenvalue weighted by atomic mass is 9.97. The summed E-state index contributed by atoms with van der Waals surface area (Å²) in [5, 5.41) is 4.57. The second kappa shape index (κ2) is 7.43. The van der Waals surface area contributed by atoms with Crippen molar-refractivity contribution in [1.82, 2.24) is 15.2 Å². The van der Waals surface area contributed by atoms with Crippen LogP contribution in [0.5, 0.6) is 0 Å². The van der Waals surface area contributed by atoms with Gasteiger partial charge in [0.25, 0.3) is 0 Å². The average Bonchev–Trinajstić information content (AvgIpc) is 2.76. The quantitative estimate of drug-likeness (QED) is 0.872. The fraction of sp³-hybridized carbons (Fsp3) is 0.769. The highest BCUT2D eigenvalue weighted by Gasteiger charge is 2.17. The van der Waals surface area contributed by atoms with Crippen molar-refractivity contribution in [2.24, 2.45) is 5.92 Å². The van der Waals surface area contributed by atoms with Gasteiger partial charge in [0.1, 0.15) is 9.34 Å². The molecule has 0 aromatic carbocycles. The minimum atomic E-state index is 0.795. The van der Waals surface area contributed by atoms with E-state index in [0.29, 0.717) is 0 Å². The molecule has 0 radical (unpaired) electrons. The number of piperidine rings is 1. The number of hydrogen-bond acceptors (Lipinski definition) is 4. The maximum absolute atomic E-state index is 5.94. The lowest BCUT2D eigenvalue weighted by molar-refractivity contribution is 0.198. The number of nitrogens with zero attached hydrogens (tertiary/aromatic N) is 2. The van der Waals surface area contributed by atoms with Gasteiger partial charge in [0, 0.05) is 6.54 Å².